The van der Waals surface area contributed by atoms with Crippen LogP contribution < -0.4 is 5.73 Å². The number of carbonyl (C=O) groups is 1. The average Bonchev–Trinajstić information content (AvgIpc) is 3.19. The van der Waals surface area contributed by atoms with E-state index >= 15 is 0 Å². The molecule has 4 heterocycles. The summed E-state index contributed by atoms with van der Waals surface area (Å²) in [6.07, 6.45) is 4.74. The quantitative estimate of drug-likeness (QED) is 0.818. The van der Waals surface area contributed by atoms with Crippen molar-refractivity contribution in [3.8, 4) is 0 Å². The van der Waals surface area contributed by atoms with E-state index < -0.39 is 0 Å². The molecule has 5 nitrogen and oxygen atoms in total. The van der Waals surface area contributed by atoms with Crippen LogP contribution in [0.15, 0.2) is 0 Å². The predicted octanol–water partition coefficient (Wildman–Crippen LogP) is 0.799. The summed E-state index contributed by atoms with van der Waals surface area (Å²) in [7, 11) is 0. The van der Waals surface area contributed by atoms with Crippen LogP contribution in [-0.2, 0) is 14.3 Å². The predicted molar refractivity (Wildman–Crippen MR) is 80.2 cm³/mol. The highest BCUT2D eigenvalue weighted by molar-refractivity contribution is 5.85. The lowest BCUT2D eigenvalue weighted by atomic mass is 9.79. The highest BCUT2D eigenvalue weighted by atomic mass is 35.5. The molecule has 4 aliphatic rings. The van der Waals surface area contributed by atoms with Crippen molar-refractivity contribution in [3.63, 3.8) is 0 Å². The number of rotatable bonds is 2. The molecule has 2 bridgehead atoms. The van der Waals surface area contributed by atoms with E-state index in [-0.39, 0.29) is 23.7 Å². The summed E-state index contributed by atoms with van der Waals surface area (Å²) in [4.78, 5) is 15.1. The lowest BCUT2D eigenvalue weighted by Crippen LogP contribution is -2.50. The van der Waals surface area contributed by atoms with E-state index in [4.69, 9.17) is 15.2 Å². The number of amides is 1. The molecule has 4 fully saturated rings. The third kappa shape index (κ3) is 2.29. The molecule has 0 radical (unpaired) electrons. The zero-order chi connectivity index (χ0) is 13.7. The van der Waals surface area contributed by atoms with Gasteiger partial charge in [0.1, 0.15) is 0 Å². The Morgan fingerprint density at radius 3 is 2.24 bits per heavy atom. The number of hydrogen-bond donors (Lipinski definition) is 1. The number of likely N-dealkylation sites (tertiary alicyclic amines) is 1. The van der Waals surface area contributed by atoms with Crippen molar-refractivity contribution >= 4 is 18.3 Å². The van der Waals surface area contributed by atoms with Gasteiger partial charge in [-0.2, -0.15) is 0 Å². The molecule has 120 valence electrons. The van der Waals surface area contributed by atoms with Gasteiger partial charge in [0.15, 0.2) is 0 Å². The Bertz CT molecular complexity index is 396. The fourth-order valence-electron chi connectivity index (χ4n) is 4.73. The van der Waals surface area contributed by atoms with E-state index in [0.717, 1.165) is 25.9 Å². The molecule has 4 atom stereocenters. The summed E-state index contributed by atoms with van der Waals surface area (Å²) in [5, 5.41) is 0. The van der Waals surface area contributed by atoms with E-state index in [0.29, 0.717) is 43.8 Å². The van der Waals surface area contributed by atoms with Crippen LogP contribution in [-0.4, -0.2) is 55.9 Å². The fraction of sp³-hybridized carbons (Fsp3) is 0.933. The highest BCUT2D eigenvalue weighted by Crippen LogP contribution is 2.48. The number of nitrogens with two attached hydrogens (primary N) is 1. The lowest BCUT2D eigenvalue weighted by molar-refractivity contribution is -0.146. The monoisotopic (exact) mass is 316 g/mol. The third-order valence-electron chi connectivity index (χ3n) is 6.03. The normalized spacial score (nSPS) is 40.0. The molecule has 4 aliphatic heterocycles. The average molecular weight is 317 g/mol. The van der Waals surface area contributed by atoms with Gasteiger partial charge in [-0.05, 0) is 25.7 Å². The highest BCUT2D eigenvalue weighted by Gasteiger charge is 2.55. The number of halogens is 1. The van der Waals surface area contributed by atoms with E-state index in [9.17, 15) is 4.79 Å². The van der Waals surface area contributed by atoms with Crippen molar-refractivity contribution in [3.05, 3.63) is 0 Å². The van der Waals surface area contributed by atoms with Crippen molar-refractivity contribution in [1.82, 2.24) is 4.90 Å². The first-order valence-corrected chi connectivity index (χ1v) is 7.96. The van der Waals surface area contributed by atoms with E-state index in [2.05, 4.69) is 4.90 Å². The first kappa shape index (κ1) is 15.5. The summed E-state index contributed by atoms with van der Waals surface area (Å²) in [5.41, 5.74) is 5.60. The van der Waals surface area contributed by atoms with Crippen LogP contribution in [0.5, 0.6) is 0 Å². The van der Waals surface area contributed by atoms with Gasteiger partial charge in [-0.1, -0.05) is 0 Å². The van der Waals surface area contributed by atoms with Crippen LogP contribution in [0.2, 0.25) is 0 Å². The van der Waals surface area contributed by atoms with Crippen LogP contribution in [0, 0.1) is 17.3 Å². The van der Waals surface area contributed by atoms with E-state index in [1.54, 1.807) is 0 Å². The molecule has 0 spiro atoms. The molecular formula is C15H25ClN2O3. The van der Waals surface area contributed by atoms with Gasteiger partial charge in [0.2, 0.25) is 5.91 Å². The molecule has 4 rings (SSSR count). The Kier molecular flexibility index (Phi) is 4.21. The Labute approximate surface area is 131 Å². The van der Waals surface area contributed by atoms with Crippen molar-refractivity contribution in [1.29, 1.82) is 0 Å². The minimum atomic E-state index is -0.364. The number of ether oxygens (including phenoxy) is 2. The molecule has 4 saturated heterocycles. The van der Waals surface area contributed by atoms with Crippen molar-refractivity contribution in [2.24, 2.45) is 23.0 Å². The molecule has 2 N–H and O–H groups in total. The van der Waals surface area contributed by atoms with Gasteiger partial charge < -0.3 is 20.1 Å². The molecule has 6 heteroatoms. The van der Waals surface area contributed by atoms with Crippen LogP contribution in [0.3, 0.4) is 0 Å². The maximum atomic E-state index is 13.0. The van der Waals surface area contributed by atoms with Crippen LogP contribution in [0.1, 0.15) is 25.7 Å². The van der Waals surface area contributed by atoms with Crippen LogP contribution >= 0.6 is 12.4 Å². The lowest BCUT2D eigenvalue weighted by Gasteiger charge is -2.38. The second-order valence-electron chi connectivity index (χ2n) is 6.93. The molecule has 4 unspecified atom stereocenters. The molecule has 21 heavy (non-hydrogen) atoms. The minimum Gasteiger partial charge on any atom is -0.381 e. The Morgan fingerprint density at radius 2 is 1.71 bits per heavy atom. The SMILES string of the molecule is Cl.NCC1(C(=O)N2CC3C4CCC(O4)C3C2)CCOCC1. The van der Waals surface area contributed by atoms with Gasteiger partial charge in [-0.3, -0.25) is 4.79 Å². The number of nitrogens with zero attached hydrogens (tertiary/aromatic N) is 1. The van der Waals surface area contributed by atoms with Gasteiger partial charge >= 0.3 is 0 Å². The first-order valence-electron chi connectivity index (χ1n) is 7.96. The molecule has 1 amide bonds. The topological polar surface area (TPSA) is 64.8 Å². The minimum absolute atomic E-state index is 0. The van der Waals surface area contributed by atoms with Crippen LogP contribution in [0.25, 0.3) is 0 Å². The van der Waals surface area contributed by atoms with Gasteiger partial charge in [-0.15, -0.1) is 12.4 Å². The zero-order valence-corrected chi connectivity index (χ0v) is 13.1. The van der Waals surface area contributed by atoms with Crippen molar-refractivity contribution in [2.75, 3.05) is 32.8 Å². The maximum absolute atomic E-state index is 13.0. The maximum Gasteiger partial charge on any atom is 0.230 e. The molecular weight excluding hydrogens is 292 g/mol. The summed E-state index contributed by atoms with van der Waals surface area (Å²) >= 11 is 0. The van der Waals surface area contributed by atoms with E-state index in [1.165, 1.54) is 12.8 Å². The second-order valence-corrected chi connectivity index (χ2v) is 6.93. The molecule has 0 aromatic heterocycles. The van der Waals surface area contributed by atoms with Crippen LogP contribution in [0.4, 0.5) is 0 Å². The third-order valence-corrected chi connectivity index (χ3v) is 6.03. The molecule has 0 saturated carbocycles. The molecule has 0 aromatic carbocycles. The first-order chi connectivity index (χ1) is 9.73. The fourth-order valence-corrected chi connectivity index (χ4v) is 4.73. The summed E-state index contributed by atoms with van der Waals surface area (Å²) in [6, 6.07) is 0. The molecule has 0 aliphatic carbocycles. The van der Waals surface area contributed by atoms with Crippen molar-refractivity contribution < 1.29 is 14.3 Å². The zero-order valence-electron chi connectivity index (χ0n) is 12.3. The Morgan fingerprint density at radius 1 is 1.14 bits per heavy atom. The van der Waals surface area contributed by atoms with Crippen molar-refractivity contribution in [2.45, 2.75) is 37.9 Å². The Balaban J connectivity index is 0.00000132. The standard InChI is InChI=1S/C15H24N2O3.ClH/c16-9-15(3-5-19-6-4-15)14(18)17-7-10-11(8-17)13-2-1-12(10)20-13;/h10-13H,1-9,16H2;1H. The van der Waals surface area contributed by atoms with Gasteiger partial charge in [0, 0.05) is 44.7 Å². The molecule has 0 aromatic rings. The van der Waals surface area contributed by atoms with Gasteiger partial charge in [0.25, 0.3) is 0 Å². The summed E-state index contributed by atoms with van der Waals surface area (Å²) in [5.74, 6) is 1.43. The van der Waals surface area contributed by atoms with E-state index in [1.807, 2.05) is 0 Å². The number of hydrogen-bond acceptors (Lipinski definition) is 4. The van der Waals surface area contributed by atoms with Gasteiger partial charge in [-0.25, -0.2) is 0 Å². The Hall–Kier alpha value is -0.360. The summed E-state index contributed by atoms with van der Waals surface area (Å²) in [6.45, 7) is 3.54. The number of fused-ring (bicyclic) bond motifs is 5. The van der Waals surface area contributed by atoms with Gasteiger partial charge in [0.05, 0.1) is 17.6 Å². The number of carbonyl (C=O) groups excluding carboxylic acids is 1. The summed E-state index contributed by atoms with van der Waals surface area (Å²) < 4.78 is 11.4. The largest absolute Gasteiger partial charge is 0.381 e. The smallest absolute Gasteiger partial charge is 0.230 e. The second kappa shape index (κ2) is 5.69.